The maximum atomic E-state index is 11.9. The Hall–Kier alpha value is -1.68. The fourth-order valence-electron chi connectivity index (χ4n) is 2.47. The van der Waals surface area contributed by atoms with Gasteiger partial charge < -0.3 is 5.32 Å². The molecule has 1 aliphatic rings. The first-order valence-electron chi connectivity index (χ1n) is 7.32. The highest BCUT2D eigenvalue weighted by Gasteiger charge is 2.30. The summed E-state index contributed by atoms with van der Waals surface area (Å²) in [7, 11) is 0. The van der Waals surface area contributed by atoms with Gasteiger partial charge in [-0.15, -0.1) is 11.3 Å². The van der Waals surface area contributed by atoms with E-state index in [2.05, 4.69) is 50.1 Å². The van der Waals surface area contributed by atoms with Crippen molar-refractivity contribution in [2.24, 2.45) is 5.92 Å². The molecule has 21 heavy (non-hydrogen) atoms. The van der Waals surface area contributed by atoms with E-state index in [1.54, 1.807) is 11.3 Å². The van der Waals surface area contributed by atoms with Crippen LogP contribution in [0.25, 0.3) is 11.3 Å². The lowest BCUT2D eigenvalue weighted by molar-refractivity contribution is -0.117. The Kier molecular flexibility index (Phi) is 3.57. The van der Waals surface area contributed by atoms with E-state index in [-0.39, 0.29) is 11.8 Å². The van der Waals surface area contributed by atoms with Crippen LogP contribution in [0.5, 0.6) is 0 Å². The quantitative estimate of drug-likeness (QED) is 0.913. The van der Waals surface area contributed by atoms with Crippen LogP contribution < -0.4 is 5.32 Å². The van der Waals surface area contributed by atoms with E-state index in [9.17, 15) is 4.79 Å². The number of aromatic nitrogens is 1. The van der Waals surface area contributed by atoms with Crippen LogP contribution in [0.3, 0.4) is 0 Å². The molecule has 1 aliphatic carbocycles. The van der Waals surface area contributed by atoms with E-state index < -0.39 is 0 Å². The van der Waals surface area contributed by atoms with Crippen LogP contribution in [0.15, 0.2) is 12.1 Å². The molecule has 1 N–H and O–H groups in total. The van der Waals surface area contributed by atoms with Crippen LogP contribution in [0.2, 0.25) is 0 Å². The number of thiazole rings is 1. The predicted octanol–water partition coefficient (Wildman–Crippen LogP) is 4.39. The fourth-order valence-corrected chi connectivity index (χ4v) is 3.30. The van der Waals surface area contributed by atoms with Crippen molar-refractivity contribution in [3.63, 3.8) is 0 Å². The number of hydrogen-bond acceptors (Lipinski definition) is 3. The normalized spacial score (nSPS) is 14.3. The second kappa shape index (κ2) is 5.26. The van der Waals surface area contributed by atoms with E-state index in [1.807, 2.05) is 0 Å². The SMILES string of the molecule is Cc1cc(C)c(-c2nc(NC(=O)C3CC3)sc2C)cc1C. The van der Waals surface area contributed by atoms with Crippen LogP contribution >= 0.6 is 11.3 Å². The van der Waals surface area contributed by atoms with Gasteiger partial charge in [0.15, 0.2) is 5.13 Å². The van der Waals surface area contributed by atoms with Gasteiger partial charge in [0.2, 0.25) is 5.91 Å². The van der Waals surface area contributed by atoms with E-state index in [1.165, 1.54) is 22.3 Å². The van der Waals surface area contributed by atoms with Gasteiger partial charge in [-0.2, -0.15) is 0 Å². The second-order valence-corrected chi connectivity index (χ2v) is 7.14. The molecule has 3 nitrogen and oxygen atoms in total. The molecule has 0 bridgehead atoms. The number of hydrogen-bond donors (Lipinski definition) is 1. The molecule has 3 rings (SSSR count). The molecule has 0 aliphatic heterocycles. The van der Waals surface area contributed by atoms with Crippen molar-refractivity contribution in [1.29, 1.82) is 0 Å². The Labute approximate surface area is 129 Å². The van der Waals surface area contributed by atoms with Crippen molar-refractivity contribution in [3.8, 4) is 11.3 Å². The second-order valence-electron chi connectivity index (χ2n) is 5.94. The van der Waals surface area contributed by atoms with E-state index in [4.69, 9.17) is 0 Å². The van der Waals surface area contributed by atoms with Crippen molar-refractivity contribution in [3.05, 3.63) is 33.7 Å². The summed E-state index contributed by atoms with van der Waals surface area (Å²) < 4.78 is 0. The zero-order valence-electron chi connectivity index (χ0n) is 12.9. The first-order valence-corrected chi connectivity index (χ1v) is 8.14. The van der Waals surface area contributed by atoms with Gasteiger partial charge in [-0.1, -0.05) is 6.07 Å². The van der Waals surface area contributed by atoms with Crippen molar-refractivity contribution < 1.29 is 4.79 Å². The van der Waals surface area contributed by atoms with Crippen LogP contribution in [0, 0.1) is 33.6 Å². The number of anilines is 1. The fraction of sp³-hybridized carbons (Fsp3) is 0.412. The minimum atomic E-state index is 0.118. The average Bonchev–Trinajstić information content (AvgIpc) is 3.20. The van der Waals surface area contributed by atoms with E-state index >= 15 is 0 Å². The molecule has 1 aromatic carbocycles. The summed E-state index contributed by atoms with van der Waals surface area (Å²) in [6.45, 7) is 8.43. The standard InChI is InChI=1S/C17H20N2OS/c1-9-7-11(3)14(8-10(9)2)15-12(4)21-17(18-15)19-16(20)13-5-6-13/h7-8,13H,5-6H2,1-4H3,(H,18,19,20). The molecule has 0 unspecified atom stereocenters. The zero-order valence-corrected chi connectivity index (χ0v) is 13.7. The van der Waals surface area contributed by atoms with Gasteiger partial charge in [0.25, 0.3) is 0 Å². The van der Waals surface area contributed by atoms with Crippen molar-refractivity contribution in [1.82, 2.24) is 4.98 Å². The number of amides is 1. The minimum absolute atomic E-state index is 0.118. The molecule has 1 amide bonds. The van der Waals surface area contributed by atoms with Gasteiger partial charge in [0, 0.05) is 16.4 Å². The van der Waals surface area contributed by atoms with Gasteiger partial charge in [0.1, 0.15) is 0 Å². The first kappa shape index (κ1) is 14.3. The number of benzene rings is 1. The minimum Gasteiger partial charge on any atom is -0.302 e. The van der Waals surface area contributed by atoms with Crippen LogP contribution in [-0.4, -0.2) is 10.9 Å². The summed E-state index contributed by atoms with van der Waals surface area (Å²) in [5.74, 6) is 0.327. The van der Waals surface area contributed by atoms with Gasteiger partial charge in [-0.05, 0) is 63.3 Å². The molecule has 1 saturated carbocycles. The molecule has 1 fully saturated rings. The van der Waals surface area contributed by atoms with E-state index in [0.29, 0.717) is 0 Å². The van der Waals surface area contributed by atoms with Crippen LogP contribution in [0.4, 0.5) is 5.13 Å². The molecule has 0 spiro atoms. The summed E-state index contributed by atoms with van der Waals surface area (Å²) >= 11 is 1.56. The number of nitrogens with zero attached hydrogens (tertiary/aromatic N) is 1. The topological polar surface area (TPSA) is 42.0 Å². The highest BCUT2D eigenvalue weighted by molar-refractivity contribution is 7.16. The smallest absolute Gasteiger partial charge is 0.229 e. The number of aryl methyl sites for hydroxylation is 4. The Morgan fingerprint density at radius 2 is 1.81 bits per heavy atom. The lowest BCUT2D eigenvalue weighted by atomic mass is 9.98. The Morgan fingerprint density at radius 3 is 2.48 bits per heavy atom. The number of carbonyl (C=O) groups is 1. The molecule has 2 aromatic rings. The lowest BCUT2D eigenvalue weighted by Crippen LogP contribution is -2.12. The maximum absolute atomic E-state index is 11.9. The highest BCUT2D eigenvalue weighted by Crippen LogP contribution is 2.35. The molecule has 110 valence electrons. The van der Waals surface area contributed by atoms with E-state index in [0.717, 1.165) is 28.5 Å². The molecular formula is C17H20N2OS. The zero-order chi connectivity index (χ0) is 15.1. The molecule has 0 saturated heterocycles. The maximum Gasteiger partial charge on any atom is 0.229 e. The summed E-state index contributed by atoms with van der Waals surface area (Å²) in [4.78, 5) is 17.6. The third-order valence-electron chi connectivity index (χ3n) is 4.07. The molecule has 0 atom stereocenters. The molecular weight excluding hydrogens is 280 g/mol. The number of rotatable bonds is 3. The highest BCUT2D eigenvalue weighted by atomic mass is 32.1. The Bertz CT molecular complexity index is 714. The monoisotopic (exact) mass is 300 g/mol. The van der Waals surface area contributed by atoms with Gasteiger partial charge in [0.05, 0.1) is 5.69 Å². The van der Waals surface area contributed by atoms with Crippen molar-refractivity contribution in [2.75, 3.05) is 5.32 Å². The molecule has 1 heterocycles. The predicted molar refractivity (Wildman–Crippen MR) is 87.9 cm³/mol. The van der Waals surface area contributed by atoms with Gasteiger partial charge >= 0.3 is 0 Å². The summed E-state index contributed by atoms with van der Waals surface area (Å²) in [6.07, 6.45) is 2.03. The Morgan fingerprint density at radius 1 is 1.14 bits per heavy atom. The van der Waals surface area contributed by atoms with Gasteiger partial charge in [-0.25, -0.2) is 4.98 Å². The molecule has 4 heteroatoms. The molecule has 0 radical (unpaired) electrons. The Balaban J connectivity index is 1.93. The first-order chi connectivity index (χ1) is 9.95. The third kappa shape index (κ3) is 2.86. The van der Waals surface area contributed by atoms with Crippen LogP contribution in [-0.2, 0) is 4.79 Å². The number of nitrogens with one attached hydrogen (secondary N) is 1. The summed E-state index contributed by atoms with van der Waals surface area (Å²) in [6, 6.07) is 4.39. The van der Waals surface area contributed by atoms with Crippen molar-refractivity contribution in [2.45, 2.75) is 40.5 Å². The van der Waals surface area contributed by atoms with Gasteiger partial charge in [-0.3, -0.25) is 4.79 Å². The van der Waals surface area contributed by atoms with Crippen LogP contribution in [0.1, 0.15) is 34.4 Å². The average molecular weight is 300 g/mol. The summed E-state index contributed by atoms with van der Waals surface area (Å²) in [5.41, 5.74) is 5.95. The lowest BCUT2D eigenvalue weighted by Gasteiger charge is -2.08. The molecule has 1 aromatic heterocycles. The third-order valence-corrected chi connectivity index (χ3v) is 4.96. The van der Waals surface area contributed by atoms with Crippen molar-refractivity contribution >= 4 is 22.4 Å². The largest absolute Gasteiger partial charge is 0.302 e. The number of carbonyl (C=O) groups excluding carboxylic acids is 1. The summed E-state index contributed by atoms with van der Waals surface area (Å²) in [5, 5.41) is 3.67.